The number of piperazine rings is 1. The van der Waals surface area contributed by atoms with Crippen molar-refractivity contribution in [2.75, 3.05) is 26.7 Å². The standard InChI is InChI=1S/C13H16FN3/c1-17-6-5-15-12(8-17)10-7-16-13-9(10)3-2-4-11(13)14/h2-4,7,12,15-16H,5-6,8H2,1H3. The molecule has 0 radical (unpaired) electrons. The number of aromatic amines is 1. The Morgan fingerprint density at radius 1 is 1.41 bits per heavy atom. The number of hydrogen-bond acceptors (Lipinski definition) is 2. The van der Waals surface area contributed by atoms with Crippen molar-refractivity contribution >= 4 is 10.9 Å². The Kier molecular flexibility index (Phi) is 2.61. The van der Waals surface area contributed by atoms with E-state index in [0.717, 1.165) is 30.6 Å². The van der Waals surface area contributed by atoms with Gasteiger partial charge >= 0.3 is 0 Å². The molecular formula is C13H16FN3. The third kappa shape index (κ3) is 1.83. The number of nitrogens with zero attached hydrogens (tertiary/aromatic N) is 1. The molecule has 17 heavy (non-hydrogen) atoms. The first-order chi connectivity index (χ1) is 8.25. The molecule has 1 fully saturated rings. The first-order valence-corrected chi connectivity index (χ1v) is 5.93. The van der Waals surface area contributed by atoms with Crippen molar-refractivity contribution in [1.82, 2.24) is 15.2 Å². The molecule has 1 aliphatic rings. The van der Waals surface area contributed by atoms with E-state index in [9.17, 15) is 4.39 Å². The van der Waals surface area contributed by atoms with Crippen molar-refractivity contribution in [2.45, 2.75) is 6.04 Å². The molecule has 1 aromatic heterocycles. The Morgan fingerprint density at radius 2 is 2.29 bits per heavy atom. The number of H-pyrrole nitrogens is 1. The summed E-state index contributed by atoms with van der Waals surface area (Å²) in [5.41, 5.74) is 1.77. The Morgan fingerprint density at radius 3 is 3.12 bits per heavy atom. The number of para-hydroxylation sites is 1. The van der Waals surface area contributed by atoms with Crippen LogP contribution in [0, 0.1) is 5.82 Å². The summed E-state index contributed by atoms with van der Waals surface area (Å²) in [7, 11) is 2.11. The Balaban J connectivity index is 2.02. The third-order valence-corrected chi connectivity index (χ3v) is 3.45. The zero-order valence-corrected chi connectivity index (χ0v) is 9.83. The zero-order valence-electron chi connectivity index (χ0n) is 9.83. The molecule has 1 atom stereocenters. The van der Waals surface area contributed by atoms with E-state index >= 15 is 0 Å². The molecule has 4 heteroatoms. The van der Waals surface area contributed by atoms with E-state index in [0.29, 0.717) is 5.52 Å². The summed E-state index contributed by atoms with van der Waals surface area (Å²) in [6, 6.07) is 5.51. The Hall–Kier alpha value is -1.39. The highest BCUT2D eigenvalue weighted by Crippen LogP contribution is 2.27. The highest BCUT2D eigenvalue weighted by molar-refractivity contribution is 5.84. The van der Waals surface area contributed by atoms with Gasteiger partial charge < -0.3 is 15.2 Å². The first kappa shape index (κ1) is 10.7. The van der Waals surface area contributed by atoms with Crippen LogP contribution < -0.4 is 5.32 Å². The van der Waals surface area contributed by atoms with E-state index in [1.807, 2.05) is 12.3 Å². The van der Waals surface area contributed by atoms with Gasteiger partial charge in [0.1, 0.15) is 5.82 Å². The number of benzene rings is 1. The summed E-state index contributed by atoms with van der Waals surface area (Å²) >= 11 is 0. The van der Waals surface area contributed by atoms with Crippen LogP contribution in [-0.4, -0.2) is 36.6 Å². The third-order valence-electron chi connectivity index (χ3n) is 3.45. The smallest absolute Gasteiger partial charge is 0.147 e. The van der Waals surface area contributed by atoms with Gasteiger partial charge in [0.2, 0.25) is 0 Å². The number of likely N-dealkylation sites (N-methyl/N-ethyl adjacent to an activating group) is 1. The van der Waals surface area contributed by atoms with Gasteiger partial charge in [-0.05, 0) is 18.7 Å². The van der Waals surface area contributed by atoms with Crippen LogP contribution in [-0.2, 0) is 0 Å². The molecule has 90 valence electrons. The quantitative estimate of drug-likeness (QED) is 0.788. The summed E-state index contributed by atoms with van der Waals surface area (Å²) in [6.45, 7) is 3.00. The summed E-state index contributed by atoms with van der Waals surface area (Å²) in [5.74, 6) is -0.182. The van der Waals surface area contributed by atoms with Crippen LogP contribution >= 0.6 is 0 Å². The number of fused-ring (bicyclic) bond motifs is 1. The Labute approximate surface area is 99.6 Å². The van der Waals surface area contributed by atoms with Crippen molar-refractivity contribution < 1.29 is 4.39 Å². The maximum Gasteiger partial charge on any atom is 0.147 e. The zero-order chi connectivity index (χ0) is 11.8. The van der Waals surface area contributed by atoms with Gasteiger partial charge in [-0.25, -0.2) is 4.39 Å². The van der Waals surface area contributed by atoms with Crippen molar-refractivity contribution in [3.63, 3.8) is 0 Å². The lowest BCUT2D eigenvalue weighted by molar-refractivity contribution is 0.241. The van der Waals surface area contributed by atoms with Crippen LogP contribution in [0.15, 0.2) is 24.4 Å². The lowest BCUT2D eigenvalue weighted by atomic mass is 10.0. The van der Waals surface area contributed by atoms with Crippen molar-refractivity contribution in [3.8, 4) is 0 Å². The van der Waals surface area contributed by atoms with Gasteiger partial charge in [-0.2, -0.15) is 0 Å². The second kappa shape index (κ2) is 4.13. The van der Waals surface area contributed by atoms with Crippen LogP contribution in [0.2, 0.25) is 0 Å². The van der Waals surface area contributed by atoms with Crippen LogP contribution in [0.1, 0.15) is 11.6 Å². The first-order valence-electron chi connectivity index (χ1n) is 5.93. The van der Waals surface area contributed by atoms with Gasteiger partial charge in [0.25, 0.3) is 0 Å². The summed E-state index contributed by atoms with van der Waals surface area (Å²) < 4.78 is 13.6. The fourth-order valence-electron chi connectivity index (χ4n) is 2.53. The summed E-state index contributed by atoms with van der Waals surface area (Å²) in [5, 5.41) is 4.46. The Bertz CT molecular complexity index is 534. The van der Waals surface area contributed by atoms with Crippen LogP contribution in [0.3, 0.4) is 0 Å². The molecule has 2 heterocycles. The van der Waals surface area contributed by atoms with Crippen molar-refractivity contribution in [3.05, 3.63) is 35.8 Å². The highest BCUT2D eigenvalue weighted by atomic mass is 19.1. The molecule has 0 aliphatic carbocycles. The van der Waals surface area contributed by atoms with Crippen LogP contribution in [0.5, 0.6) is 0 Å². The molecule has 2 N–H and O–H groups in total. The van der Waals surface area contributed by atoms with Crippen molar-refractivity contribution in [1.29, 1.82) is 0 Å². The van der Waals surface area contributed by atoms with E-state index in [2.05, 4.69) is 22.2 Å². The largest absolute Gasteiger partial charge is 0.358 e. The van der Waals surface area contributed by atoms with E-state index < -0.39 is 0 Å². The molecule has 0 spiro atoms. The van der Waals surface area contributed by atoms with Gasteiger partial charge in [-0.15, -0.1) is 0 Å². The number of nitrogens with one attached hydrogen (secondary N) is 2. The van der Waals surface area contributed by atoms with Gasteiger partial charge in [-0.3, -0.25) is 0 Å². The van der Waals surface area contributed by atoms with Crippen LogP contribution in [0.25, 0.3) is 10.9 Å². The minimum atomic E-state index is -0.182. The molecule has 3 rings (SSSR count). The lowest BCUT2D eigenvalue weighted by Gasteiger charge is -2.30. The minimum Gasteiger partial charge on any atom is -0.358 e. The highest BCUT2D eigenvalue weighted by Gasteiger charge is 2.21. The minimum absolute atomic E-state index is 0.182. The van der Waals surface area contributed by atoms with Crippen molar-refractivity contribution in [2.24, 2.45) is 0 Å². The maximum absolute atomic E-state index is 13.6. The van der Waals surface area contributed by atoms with Gasteiger partial charge in [0.05, 0.1) is 5.52 Å². The molecular weight excluding hydrogens is 217 g/mol. The molecule has 0 saturated carbocycles. The molecule has 1 saturated heterocycles. The number of rotatable bonds is 1. The van der Waals surface area contributed by atoms with Gasteiger partial charge in [0, 0.05) is 37.3 Å². The fourth-order valence-corrected chi connectivity index (χ4v) is 2.53. The molecule has 1 aliphatic heterocycles. The number of hydrogen-bond donors (Lipinski definition) is 2. The molecule has 3 nitrogen and oxygen atoms in total. The number of aromatic nitrogens is 1. The van der Waals surface area contributed by atoms with Crippen LogP contribution in [0.4, 0.5) is 4.39 Å². The average molecular weight is 233 g/mol. The lowest BCUT2D eigenvalue weighted by Crippen LogP contribution is -2.43. The predicted molar refractivity (Wildman–Crippen MR) is 66.5 cm³/mol. The second-order valence-electron chi connectivity index (χ2n) is 4.68. The predicted octanol–water partition coefficient (Wildman–Crippen LogP) is 1.88. The monoisotopic (exact) mass is 233 g/mol. The molecule has 2 aromatic rings. The molecule has 1 unspecified atom stereocenters. The van der Waals surface area contributed by atoms with E-state index in [4.69, 9.17) is 0 Å². The topological polar surface area (TPSA) is 31.1 Å². The number of halogens is 1. The maximum atomic E-state index is 13.6. The average Bonchev–Trinajstić information content (AvgIpc) is 2.74. The van der Waals surface area contributed by atoms with E-state index in [-0.39, 0.29) is 11.9 Å². The van der Waals surface area contributed by atoms with Gasteiger partial charge in [0.15, 0.2) is 0 Å². The van der Waals surface area contributed by atoms with E-state index in [1.165, 1.54) is 6.07 Å². The SMILES string of the molecule is CN1CCNC(c2c[nH]c3c(F)cccc23)C1. The fraction of sp³-hybridized carbons (Fsp3) is 0.385. The van der Waals surface area contributed by atoms with Gasteiger partial charge in [-0.1, -0.05) is 12.1 Å². The molecule has 1 aromatic carbocycles. The molecule has 0 amide bonds. The van der Waals surface area contributed by atoms with E-state index in [1.54, 1.807) is 6.07 Å². The second-order valence-corrected chi connectivity index (χ2v) is 4.68. The summed E-state index contributed by atoms with van der Waals surface area (Å²) in [4.78, 5) is 5.33. The summed E-state index contributed by atoms with van der Waals surface area (Å²) in [6.07, 6.45) is 1.92. The normalized spacial score (nSPS) is 22.1. The molecule has 0 bridgehead atoms.